The van der Waals surface area contributed by atoms with Crippen molar-refractivity contribution in [2.75, 3.05) is 46.9 Å². The van der Waals surface area contributed by atoms with E-state index >= 15 is 0 Å². The molecule has 0 radical (unpaired) electrons. The number of carbonyl (C=O) groups excluding carboxylic acids is 1. The number of likely N-dealkylation sites (N-methyl/N-ethyl adjacent to an activating group) is 1. The summed E-state index contributed by atoms with van der Waals surface area (Å²) in [7, 11) is 3.84. The van der Waals surface area contributed by atoms with E-state index in [1.54, 1.807) is 6.20 Å². The highest BCUT2D eigenvalue weighted by molar-refractivity contribution is 5.79. The second kappa shape index (κ2) is 14.1. The predicted octanol–water partition coefficient (Wildman–Crippen LogP) is 2.69. The van der Waals surface area contributed by atoms with Gasteiger partial charge in [0.2, 0.25) is 11.8 Å². The number of hydrogen-bond donors (Lipinski definition) is 2. The third kappa shape index (κ3) is 11.9. The van der Waals surface area contributed by atoms with Crippen molar-refractivity contribution in [3.63, 3.8) is 0 Å². The third-order valence-electron chi connectivity index (χ3n) is 5.26. The van der Waals surface area contributed by atoms with Gasteiger partial charge in [-0.3, -0.25) is 4.79 Å². The van der Waals surface area contributed by atoms with Crippen LogP contribution in [0.15, 0.2) is 24.4 Å². The number of carboxylic acid groups (broad SMARTS) is 2. The first kappa shape index (κ1) is 32.9. The van der Waals surface area contributed by atoms with Gasteiger partial charge in [0.05, 0.1) is 26.2 Å². The Morgan fingerprint density at radius 1 is 1.11 bits per heavy atom. The van der Waals surface area contributed by atoms with E-state index in [0.29, 0.717) is 24.9 Å². The van der Waals surface area contributed by atoms with Gasteiger partial charge < -0.3 is 29.5 Å². The van der Waals surface area contributed by atoms with Gasteiger partial charge in [-0.05, 0) is 45.3 Å². The molecule has 2 saturated heterocycles. The zero-order valence-electron chi connectivity index (χ0n) is 20.6. The van der Waals surface area contributed by atoms with Crippen LogP contribution in [-0.2, 0) is 19.1 Å². The molecule has 1 aromatic heterocycles. The minimum atomic E-state index is -5.08. The Morgan fingerprint density at radius 3 is 2.11 bits per heavy atom. The number of hydrogen-bond acceptors (Lipinski definition) is 7. The molecule has 216 valence electrons. The molecule has 16 heteroatoms. The molecule has 3 heterocycles. The van der Waals surface area contributed by atoms with E-state index in [2.05, 4.69) is 4.98 Å². The molecule has 2 N–H and O–H groups in total. The number of rotatable bonds is 6. The Hall–Kier alpha value is -3.14. The molecule has 1 aromatic rings. The fraction of sp³-hybridized carbons (Fsp3) is 0.636. The number of ether oxygens (including phenoxy) is 2. The Bertz CT molecular complexity index is 883. The van der Waals surface area contributed by atoms with E-state index in [0.717, 1.165) is 39.0 Å². The van der Waals surface area contributed by atoms with Gasteiger partial charge >= 0.3 is 24.3 Å². The first-order chi connectivity index (χ1) is 17.4. The number of halogens is 6. The van der Waals surface area contributed by atoms with E-state index in [4.69, 9.17) is 29.3 Å². The van der Waals surface area contributed by atoms with Crippen LogP contribution in [0.3, 0.4) is 0 Å². The molecule has 2 aliphatic heterocycles. The summed E-state index contributed by atoms with van der Waals surface area (Å²) < 4.78 is 75.2. The molecular formula is C22H29F6N3O7. The zero-order valence-corrected chi connectivity index (χ0v) is 20.6. The smallest absolute Gasteiger partial charge is 0.478 e. The van der Waals surface area contributed by atoms with Crippen LogP contribution in [0.4, 0.5) is 26.3 Å². The fourth-order valence-corrected chi connectivity index (χ4v) is 3.55. The molecule has 1 amide bonds. The van der Waals surface area contributed by atoms with Crippen molar-refractivity contribution in [3.05, 3.63) is 24.4 Å². The van der Waals surface area contributed by atoms with Crippen molar-refractivity contribution in [2.45, 2.75) is 37.2 Å². The molecule has 1 atom stereocenters. The number of carbonyl (C=O) groups is 3. The van der Waals surface area contributed by atoms with E-state index in [1.807, 2.05) is 42.1 Å². The maximum atomic E-state index is 12.1. The second-order valence-corrected chi connectivity index (χ2v) is 8.79. The minimum Gasteiger partial charge on any atom is -0.478 e. The van der Waals surface area contributed by atoms with Gasteiger partial charge in [0.1, 0.15) is 5.60 Å². The summed E-state index contributed by atoms with van der Waals surface area (Å²) in [6.07, 6.45) is -5.33. The summed E-state index contributed by atoms with van der Waals surface area (Å²) in [5, 5.41) is 14.2. The van der Waals surface area contributed by atoms with Crippen LogP contribution in [0.25, 0.3) is 0 Å². The van der Waals surface area contributed by atoms with Crippen molar-refractivity contribution >= 4 is 17.8 Å². The van der Waals surface area contributed by atoms with E-state index in [-0.39, 0.29) is 11.5 Å². The lowest BCUT2D eigenvalue weighted by Crippen LogP contribution is -2.67. The SMILES string of the molecule is CN(C)CC(=O)N1CC2(CC(CCOc3ccccn3)CCO2)C1.O=C(O)C(F)(F)F.O=C(O)C(F)(F)F. The Balaban J connectivity index is 0.000000426. The molecular weight excluding hydrogens is 532 g/mol. The van der Waals surface area contributed by atoms with Crippen molar-refractivity contribution in [2.24, 2.45) is 5.92 Å². The molecule has 2 aliphatic rings. The monoisotopic (exact) mass is 561 g/mol. The fourth-order valence-electron chi connectivity index (χ4n) is 3.55. The van der Waals surface area contributed by atoms with Crippen molar-refractivity contribution in [3.8, 4) is 5.88 Å². The number of likely N-dealkylation sites (tertiary alicyclic amines) is 1. The molecule has 1 unspecified atom stereocenters. The molecule has 0 saturated carbocycles. The number of aliphatic carboxylic acids is 2. The van der Waals surface area contributed by atoms with E-state index < -0.39 is 24.3 Å². The molecule has 2 fully saturated rings. The molecule has 0 bridgehead atoms. The van der Waals surface area contributed by atoms with Crippen LogP contribution in [0.1, 0.15) is 19.3 Å². The first-order valence-electron chi connectivity index (χ1n) is 11.2. The average molecular weight is 561 g/mol. The van der Waals surface area contributed by atoms with Gasteiger partial charge in [0.25, 0.3) is 0 Å². The van der Waals surface area contributed by atoms with Gasteiger partial charge in [-0.2, -0.15) is 26.3 Å². The Labute approximate surface area is 214 Å². The molecule has 10 nitrogen and oxygen atoms in total. The van der Waals surface area contributed by atoms with Gasteiger partial charge in [-0.1, -0.05) is 6.07 Å². The Morgan fingerprint density at radius 2 is 1.66 bits per heavy atom. The predicted molar refractivity (Wildman–Crippen MR) is 118 cm³/mol. The van der Waals surface area contributed by atoms with Crippen LogP contribution in [0, 0.1) is 5.92 Å². The van der Waals surface area contributed by atoms with Crippen LogP contribution in [0.5, 0.6) is 5.88 Å². The lowest BCUT2D eigenvalue weighted by Gasteiger charge is -2.53. The molecule has 3 rings (SSSR count). The largest absolute Gasteiger partial charge is 0.490 e. The molecule has 38 heavy (non-hydrogen) atoms. The normalized spacial score (nSPS) is 18.3. The number of aromatic nitrogens is 1. The van der Waals surface area contributed by atoms with Crippen LogP contribution >= 0.6 is 0 Å². The third-order valence-corrected chi connectivity index (χ3v) is 5.26. The van der Waals surface area contributed by atoms with Crippen molar-refractivity contribution in [1.82, 2.24) is 14.8 Å². The zero-order chi connectivity index (χ0) is 29.1. The number of carboxylic acids is 2. The molecule has 1 spiro atoms. The first-order valence-corrected chi connectivity index (χ1v) is 11.2. The highest BCUT2D eigenvalue weighted by Gasteiger charge is 2.49. The number of alkyl halides is 6. The van der Waals surface area contributed by atoms with Crippen molar-refractivity contribution < 1.29 is 60.4 Å². The average Bonchev–Trinajstić information content (AvgIpc) is 2.77. The molecule has 0 aliphatic carbocycles. The maximum Gasteiger partial charge on any atom is 0.490 e. The lowest BCUT2D eigenvalue weighted by molar-refractivity contribution is -0.193. The minimum absolute atomic E-state index is 0.115. The van der Waals surface area contributed by atoms with Gasteiger partial charge in [0, 0.05) is 18.9 Å². The Kier molecular flexibility index (Phi) is 12.2. The summed E-state index contributed by atoms with van der Waals surface area (Å²) in [6.45, 7) is 3.40. The van der Waals surface area contributed by atoms with Gasteiger partial charge in [-0.15, -0.1) is 0 Å². The summed E-state index contributed by atoms with van der Waals surface area (Å²) in [5.74, 6) is -4.05. The standard InChI is InChI=1S/C18H27N3O3.2C2HF3O2/c1-20(2)12-17(22)21-13-18(14-21)11-15(7-10-24-18)6-9-23-16-5-3-4-8-19-16;2*3-2(4,5)1(6)7/h3-5,8,15H,6-7,9-14H2,1-2H3;2*(H,6,7). The van der Waals surface area contributed by atoms with Gasteiger partial charge in [0.15, 0.2) is 0 Å². The van der Waals surface area contributed by atoms with Gasteiger partial charge in [-0.25, -0.2) is 14.6 Å². The topological polar surface area (TPSA) is 130 Å². The quantitative estimate of drug-likeness (QED) is 0.504. The van der Waals surface area contributed by atoms with Crippen LogP contribution in [-0.4, -0.2) is 108 Å². The van der Waals surface area contributed by atoms with Crippen molar-refractivity contribution in [1.29, 1.82) is 0 Å². The highest BCUT2D eigenvalue weighted by Crippen LogP contribution is 2.38. The second-order valence-electron chi connectivity index (χ2n) is 8.79. The number of nitrogens with zero attached hydrogens (tertiary/aromatic N) is 3. The molecule has 0 aromatic carbocycles. The van der Waals surface area contributed by atoms with Crippen LogP contribution in [0.2, 0.25) is 0 Å². The van der Waals surface area contributed by atoms with E-state index in [1.165, 1.54) is 0 Å². The maximum absolute atomic E-state index is 12.1. The van der Waals surface area contributed by atoms with Crippen LogP contribution < -0.4 is 4.74 Å². The summed E-state index contributed by atoms with van der Waals surface area (Å²) in [4.78, 5) is 37.9. The summed E-state index contributed by atoms with van der Waals surface area (Å²) in [6, 6.07) is 5.69. The summed E-state index contributed by atoms with van der Waals surface area (Å²) in [5.41, 5.74) is -0.115. The number of pyridine rings is 1. The number of amides is 1. The van der Waals surface area contributed by atoms with E-state index in [9.17, 15) is 31.1 Å². The lowest BCUT2D eigenvalue weighted by atomic mass is 9.79. The highest BCUT2D eigenvalue weighted by atomic mass is 19.4. The summed E-state index contributed by atoms with van der Waals surface area (Å²) >= 11 is 0.